The maximum absolute atomic E-state index is 10.7. The smallest absolute Gasteiger partial charge is 0.250 e. The highest BCUT2D eigenvalue weighted by atomic mass is 16.1. The van der Waals surface area contributed by atoms with Crippen LogP contribution in [0, 0.1) is 0 Å². The van der Waals surface area contributed by atoms with Crippen LogP contribution in [0.1, 0.15) is 16.1 Å². The molecule has 0 unspecified atom stereocenters. The van der Waals surface area contributed by atoms with E-state index in [1.165, 1.54) is 0 Å². The van der Waals surface area contributed by atoms with Crippen LogP contribution in [-0.2, 0) is 6.42 Å². The number of hydrogen-bond donors (Lipinski definition) is 1. The summed E-state index contributed by atoms with van der Waals surface area (Å²) in [5, 5.41) is 0. The van der Waals surface area contributed by atoms with Gasteiger partial charge in [0.25, 0.3) is 0 Å². The number of amides is 1. The largest absolute Gasteiger partial charge is 0.366 e. The second-order valence-corrected chi connectivity index (χ2v) is 2.58. The molecule has 0 radical (unpaired) electrons. The molecule has 0 saturated carbocycles. The van der Waals surface area contributed by atoms with Crippen LogP contribution >= 0.6 is 0 Å². The van der Waals surface area contributed by atoms with Crippen molar-refractivity contribution in [3.8, 4) is 0 Å². The van der Waals surface area contributed by atoms with Crippen LogP contribution < -0.4 is 5.73 Å². The minimum Gasteiger partial charge on any atom is -0.366 e. The maximum Gasteiger partial charge on any atom is 0.250 e. The van der Waals surface area contributed by atoms with E-state index in [1.54, 1.807) is 6.20 Å². The predicted octanol–water partition coefficient (Wildman–Crippen LogP) is 0.614. The van der Waals surface area contributed by atoms with Gasteiger partial charge in [-0.1, -0.05) is 6.08 Å². The lowest BCUT2D eigenvalue weighted by Crippen LogP contribution is -2.09. The lowest BCUT2D eigenvalue weighted by molar-refractivity contribution is 0.100. The van der Waals surface area contributed by atoms with Crippen LogP contribution in [-0.4, -0.2) is 10.5 Å². The van der Waals surface area contributed by atoms with Gasteiger partial charge in [-0.05, 0) is 6.07 Å². The predicted molar refractivity (Wildman–Crippen MR) is 42.0 cm³/mol. The van der Waals surface area contributed by atoms with Crippen molar-refractivity contribution in [2.75, 3.05) is 0 Å². The Morgan fingerprint density at radius 2 is 2.45 bits per heavy atom. The van der Waals surface area contributed by atoms with Crippen LogP contribution in [0.4, 0.5) is 0 Å². The minimum absolute atomic E-state index is 0.361. The fourth-order valence-corrected chi connectivity index (χ4v) is 1.25. The number of allylic oxidation sites excluding steroid dienone is 1. The average Bonchev–Trinajstić information content (AvgIpc) is 2.40. The van der Waals surface area contributed by atoms with Crippen molar-refractivity contribution >= 4 is 12.1 Å². The zero-order chi connectivity index (χ0) is 7.84. The molecule has 0 spiro atoms. The van der Waals surface area contributed by atoms with Gasteiger partial charge in [0.2, 0.25) is 5.91 Å². The molecule has 1 aliphatic heterocycles. The second-order valence-electron chi connectivity index (χ2n) is 2.58. The first-order chi connectivity index (χ1) is 5.27. The van der Waals surface area contributed by atoms with Gasteiger partial charge in [0.05, 0.1) is 5.56 Å². The summed E-state index contributed by atoms with van der Waals surface area (Å²) in [6.45, 7) is 0. The standard InChI is InChI=1S/C8H8N2O/c9-8(11)6-4-7-2-1-3-10(7)5-6/h1,3-5H,2H2,(H2,9,11). The van der Waals surface area contributed by atoms with Gasteiger partial charge in [0.15, 0.2) is 0 Å². The van der Waals surface area contributed by atoms with E-state index in [9.17, 15) is 4.79 Å². The van der Waals surface area contributed by atoms with Gasteiger partial charge >= 0.3 is 0 Å². The van der Waals surface area contributed by atoms with Gasteiger partial charge in [0.1, 0.15) is 0 Å². The van der Waals surface area contributed by atoms with Gasteiger partial charge in [-0.15, -0.1) is 0 Å². The lowest BCUT2D eigenvalue weighted by Gasteiger charge is -1.88. The van der Waals surface area contributed by atoms with E-state index >= 15 is 0 Å². The molecule has 1 aromatic rings. The van der Waals surface area contributed by atoms with Crippen molar-refractivity contribution in [3.63, 3.8) is 0 Å². The van der Waals surface area contributed by atoms with Crippen LogP contribution in [0.2, 0.25) is 0 Å². The maximum atomic E-state index is 10.7. The molecule has 56 valence electrons. The summed E-state index contributed by atoms with van der Waals surface area (Å²) in [6.07, 6.45) is 6.62. The van der Waals surface area contributed by atoms with Crippen LogP contribution in [0.15, 0.2) is 18.3 Å². The number of carbonyl (C=O) groups excluding carboxylic acids is 1. The van der Waals surface area contributed by atoms with Crippen LogP contribution in [0.25, 0.3) is 6.20 Å². The molecule has 1 aromatic heterocycles. The quantitative estimate of drug-likeness (QED) is 0.623. The van der Waals surface area contributed by atoms with Gasteiger partial charge in [-0.25, -0.2) is 0 Å². The Morgan fingerprint density at radius 1 is 1.64 bits per heavy atom. The van der Waals surface area contributed by atoms with Crippen molar-refractivity contribution in [1.82, 2.24) is 4.57 Å². The number of nitrogens with zero attached hydrogens (tertiary/aromatic N) is 1. The Labute approximate surface area is 64.1 Å². The van der Waals surface area contributed by atoms with E-state index in [0.29, 0.717) is 5.56 Å². The first-order valence-electron chi connectivity index (χ1n) is 3.44. The summed E-state index contributed by atoms with van der Waals surface area (Å²) >= 11 is 0. The van der Waals surface area contributed by atoms with Crippen molar-refractivity contribution in [2.45, 2.75) is 6.42 Å². The summed E-state index contributed by atoms with van der Waals surface area (Å²) in [5.74, 6) is -0.361. The third-order valence-corrected chi connectivity index (χ3v) is 1.81. The first-order valence-corrected chi connectivity index (χ1v) is 3.44. The normalized spacial score (nSPS) is 13.5. The number of nitrogens with two attached hydrogens (primary N) is 1. The summed E-state index contributed by atoms with van der Waals surface area (Å²) in [4.78, 5) is 10.7. The van der Waals surface area contributed by atoms with E-state index in [-0.39, 0.29) is 5.91 Å². The molecule has 0 aliphatic carbocycles. The van der Waals surface area contributed by atoms with Gasteiger partial charge in [-0.3, -0.25) is 4.79 Å². The van der Waals surface area contributed by atoms with Crippen molar-refractivity contribution in [1.29, 1.82) is 0 Å². The van der Waals surface area contributed by atoms with Crippen molar-refractivity contribution < 1.29 is 4.79 Å². The molecule has 0 saturated heterocycles. The molecule has 1 amide bonds. The molecule has 3 nitrogen and oxygen atoms in total. The lowest BCUT2D eigenvalue weighted by atomic mass is 10.2. The number of aromatic nitrogens is 1. The van der Waals surface area contributed by atoms with E-state index in [4.69, 9.17) is 5.73 Å². The third kappa shape index (κ3) is 0.852. The van der Waals surface area contributed by atoms with Crippen LogP contribution in [0.5, 0.6) is 0 Å². The van der Waals surface area contributed by atoms with Crippen LogP contribution in [0.3, 0.4) is 0 Å². The molecular formula is C8H8N2O. The molecule has 0 aromatic carbocycles. The Kier molecular flexibility index (Phi) is 1.12. The number of carbonyl (C=O) groups is 1. The highest BCUT2D eigenvalue weighted by molar-refractivity contribution is 5.93. The van der Waals surface area contributed by atoms with Crippen molar-refractivity contribution in [2.24, 2.45) is 5.73 Å². The number of fused-ring (bicyclic) bond motifs is 1. The molecule has 2 N–H and O–H groups in total. The summed E-state index contributed by atoms with van der Waals surface area (Å²) in [5.41, 5.74) is 6.81. The molecule has 2 rings (SSSR count). The molecule has 2 heterocycles. The number of rotatable bonds is 1. The minimum atomic E-state index is -0.361. The molecule has 3 heteroatoms. The Bertz CT molecular complexity index is 336. The van der Waals surface area contributed by atoms with Gasteiger partial charge in [-0.2, -0.15) is 0 Å². The Morgan fingerprint density at radius 3 is 3.09 bits per heavy atom. The Balaban J connectivity index is 2.49. The van der Waals surface area contributed by atoms with Crippen molar-refractivity contribution in [3.05, 3.63) is 29.6 Å². The highest BCUT2D eigenvalue weighted by Crippen LogP contribution is 2.14. The summed E-state index contributed by atoms with van der Waals surface area (Å²) < 4.78 is 1.92. The fourth-order valence-electron chi connectivity index (χ4n) is 1.25. The van der Waals surface area contributed by atoms with E-state index < -0.39 is 0 Å². The van der Waals surface area contributed by atoms with E-state index in [1.807, 2.05) is 22.9 Å². The molecule has 1 aliphatic rings. The van der Waals surface area contributed by atoms with E-state index in [0.717, 1.165) is 12.1 Å². The zero-order valence-corrected chi connectivity index (χ0v) is 5.95. The SMILES string of the molecule is NC(=O)c1cc2n(c1)C=CC2. The fraction of sp³-hybridized carbons (Fsp3) is 0.125. The molecule has 0 bridgehead atoms. The summed E-state index contributed by atoms with van der Waals surface area (Å²) in [7, 11) is 0. The van der Waals surface area contributed by atoms with E-state index in [2.05, 4.69) is 0 Å². The summed E-state index contributed by atoms with van der Waals surface area (Å²) in [6, 6.07) is 1.82. The topological polar surface area (TPSA) is 48.0 Å². The highest BCUT2D eigenvalue weighted by Gasteiger charge is 2.09. The monoisotopic (exact) mass is 148 g/mol. The zero-order valence-electron chi connectivity index (χ0n) is 5.95. The second kappa shape index (κ2) is 1.99. The van der Waals surface area contributed by atoms with Gasteiger partial charge in [0, 0.05) is 24.5 Å². The van der Waals surface area contributed by atoms with Gasteiger partial charge < -0.3 is 10.3 Å². The average molecular weight is 148 g/mol. The molecule has 11 heavy (non-hydrogen) atoms. The molecule has 0 atom stereocenters. The Hall–Kier alpha value is -1.51. The molecular weight excluding hydrogens is 140 g/mol. The third-order valence-electron chi connectivity index (χ3n) is 1.81. The first kappa shape index (κ1) is 6.22. The number of hydrogen-bond acceptors (Lipinski definition) is 1. The molecule has 0 fully saturated rings. The number of primary amides is 1.